The van der Waals surface area contributed by atoms with Gasteiger partial charge in [0.15, 0.2) is 5.71 Å². The van der Waals surface area contributed by atoms with Crippen LogP contribution in [-0.2, 0) is 14.4 Å². The Morgan fingerprint density at radius 2 is 2.24 bits per heavy atom. The summed E-state index contributed by atoms with van der Waals surface area (Å²) in [4.78, 5) is 33.9. The highest BCUT2D eigenvalue weighted by Gasteiger charge is 2.29. The van der Waals surface area contributed by atoms with Crippen LogP contribution in [0.4, 0.5) is 11.4 Å². The number of nitriles is 1. The minimum Gasteiger partial charge on any atom is -0.477 e. The van der Waals surface area contributed by atoms with Gasteiger partial charge < -0.3 is 10.4 Å². The number of nitrogens with one attached hydrogen (secondary N) is 1. The number of carboxylic acid groups (broad SMARTS) is 1. The average molecular weight is 286 g/mol. The van der Waals surface area contributed by atoms with Crippen LogP contribution in [0.25, 0.3) is 0 Å². The van der Waals surface area contributed by atoms with E-state index >= 15 is 0 Å². The molecule has 0 radical (unpaired) electrons. The van der Waals surface area contributed by atoms with Gasteiger partial charge in [-0.05, 0) is 18.2 Å². The number of anilines is 2. The van der Waals surface area contributed by atoms with Crippen LogP contribution in [0.3, 0.4) is 0 Å². The van der Waals surface area contributed by atoms with Crippen LogP contribution in [0.2, 0.25) is 0 Å². The molecule has 106 valence electrons. The van der Waals surface area contributed by atoms with Gasteiger partial charge in [0.25, 0.3) is 5.91 Å². The zero-order valence-electron chi connectivity index (χ0n) is 10.7. The molecule has 21 heavy (non-hydrogen) atoms. The highest BCUT2D eigenvalue weighted by molar-refractivity contribution is 6.42. The van der Waals surface area contributed by atoms with E-state index in [-0.39, 0.29) is 18.6 Å². The van der Waals surface area contributed by atoms with Crippen molar-refractivity contribution in [3.8, 4) is 6.07 Å². The number of carbonyl (C=O) groups is 3. The minimum absolute atomic E-state index is 0.237. The molecule has 8 heteroatoms. The molecule has 2 N–H and O–H groups in total. The predicted octanol–water partition coefficient (Wildman–Crippen LogP) is 0.716. The van der Waals surface area contributed by atoms with Crippen molar-refractivity contribution in [1.29, 1.82) is 5.26 Å². The summed E-state index contributed by atoms with van der Waals surface area (Å²) in [6, 6.07) is 7.92. The first-order valence-corrected chi connectivity index (χ1v) is 5.92. The minimum atomic E-state index is -1.25. The molecular weight excluding hydrogens is 276 g/mol. The van der Waals surface area contributed by atoms with Crippen molar-refractivity contribution < 1.29 is 19.5 Å². The third-order valence-corrected chi connectivity index (χ3v) is 2.64. The normalized spacial score (nSPS) is 13.6. The number of amides is 2. The topological polar surface area (TPSA) is 123 Å². The van der Waals surface area contributed by atoms with E-state index in [1.54, 1.807) is 24.3 Å². The quantitative estimate of drug-likeness (QED) is 0.844. The third kappa shape index (κ3) is 3.22. The molecule has 1 aromatic rings. The number of hydrogen-bond donors (Lipinski definition) is 2. The van der Waals surface area contributed by atoms with Crippen molar-refractivity contribution in [2.24, 2.45) is 5.10 Å². The molecule has 0 atom stereocenters. The van der Waals surface area contributed by atoms with E-state index in [0.717, 1.165) is 5.01 Å². The van der Waals surface area contributed by atoms with E-state index in [9.17, 15) is 14.4 Å². The Balaban J connectivity index is 2.22. The monoisotopic (exact) mass is 286 g/mol. The molecule has 1 heterocycles. The van der Waals surface area contributed by atoms with E-state index in [0.29, 0.717) is 11.4 Å². The summed E-state index contributed by atoms with van der Waals surface area (Å²) in [6.07, 6.45) is -0.561. The lowest BCUT2D eigenvalue weighted by Gasteiger charge is -2.13. The Hall–Kier alpha value is -3.21. The Morgan fingerprint density at radius 1 is 1.48 bits per heavy atom. The van der Waals surface area contributed by atoms with Gasteiger partial charge in [-0.15, -0.1) is 0 Å². The second-order valence-electron chi connectivity index (χ2n) is 4.17. The Labute approximate surface area is 119 Å². The second kappa shape index (κ2) is 5.83. The number of carbonyl (C=O) groups excluding carboxylic acids is 2. The fourth-order valence-corrected chi connectivity index (χ4v) is 1.74. The maximum atomic E-state index is 11.7. The highest BCUT2D eigenvalue weighted by atomic mass is 16.4. The van der Waals surface area contributed by atoms with Gasteiger partial charge in [-0.3, -0.25) is 9.59 Å². The van der Waals surface area contributed by atoms with Gasteiger partial charge in [0.1, 0.15) is 6.42 Å². The van der Waals surface area contributed by atoms with Crippen LogP contribution in [0.15, 0.2) is 29.4 Å². The molecule has 1 aliphatic rings. The fourth-order valence-electron chi connectivity index (χ4n) is 1.74. The summed E-state index contributed by atoms with van der Waals surface area (Å²) < 4.78 is 0. The SMILES string of the molecule is N#CCC(=O)Nc1cccc(N2N=C(C(=O)O)CC2=O)c1. The zero-order valence-corrected chi connectivity index (χ0v) is 10.7. The van der Waals surface area contributed by atoms with Crippen LogP contribution in [0, 0.1) is 11.3 Å². The second-order valence-corrected chi connectivity index (χ2v) is 4.17. The number of aliphatic carboxylic acids is 1. The molecule has 8 nitrogen and oxygen atoms in total. The fraction of sp³-hybridized carbons (Fsp3) is 0.154. The van der Waals surface area contributed by atoms with Crippen molar-refractivity contribution in [1.82, 2.24) is 0 Å². The van der Waals surface area contributed by atoms with Crippen molar-refractivity contribution in [2.45, 2.75) is 12.8 Å². The van der Waals surface area contributed by atoms with Gasteiger partial charge in [-0.25, -0.2) is 4.79 Å². The van der Waals surface area contributed by atoms with Crippen molar-refractivity contribution in [2.75, 3.05) is 10.3 Å². The largest absolute Gasteiger partial charge is 0.477 e. The van der Waals surface area contributed by atoms with Gasteiger partial charge in [-0.2, -0.15) is 15.4 Å². The summed E-state index contributed by atoms with van der Waals surface area (Å²) in [6.45, 7) is 0. The van der Waals surface area contributed by atoms with Crippen LogP contribution in [0.5, 0.6) is 0 Å². The first kappa shape index (κ1) is 14.2. The molecular formula is C13H10N4O4. The highest BCUT2D eigenvalue weighted by Crippen LogP contribution is 2.23. The van der Waals surface area contributed by atoms with Crippen molar-refractivity contribution >= 4 is 34.9 Å². The molecule has 0 spiro atoms. The Bertz CT molecular complexity index is 690. The maximum Gasteiger partial charge on any atom is 0.352 e. The molecule has 0 unspecified atom stereocenters. The summed E-state index contributed by atoms with van der Waals surface area (Å²) >= 11 is 0. The number of hydrazone groups is 1. The molecule has 2 rings (SSSR count). The van der Waals surface area contributed by atoms with Crippen LogP contribution in [-0.4, -0.2) is 28.6 Å². The summed E-state index contributed by atoms with van der Waals surface area (Å²) in [5, 5.41) is 24.4. The molecule has 0 saturated carbocycles. The molecule has 0 aromatic heterocycles. The van der Waals surface area contributed by atoms with E-state index in [2.05, 4.69) is 10.4 Å². The van der Waals surface area contributed by atoms with E-state index in [1.165, 1.54) is 6.07 Å². The lowest BCUT2D eigenvalue weighted by atomic mass is 10.2. The van der Waals surface area contributed by atoms with E-state index in [4.69, 9.17) is 10.4 Å². The smallest absolute Gasteiger partial charge is 0.352 e. The number of rotatable bonds is 4. The molecule has 0 bridgehead atoms. The van der Waals surface area contributed by atoms with Gasteiger partial charge in [0, 0.05) is 5.69 Å². The van der Waals surface area contributed by atoms with E-state index in [1.807, 2.05) is 0 Å². The maximum absolute atomic E-state index is 11.7. The molecule has 0 aliphatic carbocycles. The Morgan fingerprint density at radius 3 is 2.86 bits per heavy atom. The zero-order chi connectivity index (χ0) is 15.4. The first-order chi connectivity index (χ1) is 10.0. The lowest BCUT2D eigenvalue weighted by molar-refractivity contribution is -0.129. The summed E-state index contributed by atoms with van der Waals surface area (Å²) in [5.74, 6) is -2.19. The summed E-state index contributed by atoms with van der Waals surface area (Å²) in [7, 11) is 0. The van der Waals surface area contributed by atoms with Crippen LogP contribution < -0.4 is 10.3 Å². The van der Waals surface area contributed by atoms with Gasteiger partial charge in [0.2, 0.25) is 5.91 Å². The van der Waals surface area contributed by atoms with E-state index < -0.39 is 17.8 Å². The standard InChI is InChI=1S/C13H10N4O4/c14-5-4-11(18)15-8-2-1-3-9(6-8)17-12(19)7-10(16-17)13(20)21/h1-3,6H,4,7H2,(H,15,18)(H,20,21). The third-order valence-electron chi connectivity index (χ3n) is 2.64. The van der Waals surface area contributed by atoms with Gasteiger partial charge in [-0.1, -0.05) is 6.07 Å². The number of nitrogens with zero attached hydrogens (tertiary/aromatic N) is 3. The molecule has 1 aromatic carbocycles. The van der Waals surface area contributed by atoms with Gasteiger partial charge in [0.05, 0.1) is 18.2 Å². The van der Waals surface area contributed by atoms with Crippen LogP contribution >= 0.6 is 0 Å². The van der Waals surface area contributed by atoms with Crippen molar-refractivity contribution in [3.05, 3.63) is 24.3 Å². The molecule has 1 aliphatic heterocycles. The lowest BCUT2D eigenvalue weighted by Crippen LogP contribution is -2.20. The summed E-state index contributed by atoms with van der Waals surface area (Å²) in [5.41, 5.74) is 0.490. The van der Waals surface area contributed by atoms with Crippen molar-refractivity contribution in [3.63, 3.8) is 0 Å². The van der Waals surface area contributed by atoms with Crippen LogP contribution in [0.1, 0.15) is 12.8 Å². The predicted molar refractivity (Wildman–Crippen MR) is 72.5 cm³/mol. The number of hydrogen-bond acceptors (Lipinski definition) is 5. The molecule has 0 fully saturated rings. The van der Waals surface area contributed by atoms with Gasteiger partial charge >= 0.3 is 5.97 Å². The average Bonchev–Trinajstić information content (AvgIpc) is 2.81. The first-order valence-electron chi connectivity index (χ1n) is 5.92. The molecule has 2 amide bonds. The number of carboxylic acids is 1. The number of benzene rings is 1. The molecule has 0 saturated heterocycles. The Kier molecular flexibility index (Phi) is 3.95.